The molecule has 2 aliphatic heterocycles. The first kappa shape index (κ1) is 21.9. The molecule has 0 aromatic heterocycles. The number of benzene rings is 2. The van der Waals surface area contributed by atoms with Crippen LogP contribution in [0.3, 0.4) is 0 Å². The van der Waals surface area contributed by atoms with Gasteiger partial charge in [-0.05, 0) is 55.3 Å². The molecule has 0 unspecified atom stereocenters. The molecule has 1 amide bonds. The Balaban J connectivity index is 1.42. The van der Waals surface area contributed by atoms with E-state index in [0.717, 1.165) is 31.5 Å². The zero-order valence-corrected chi connectivity index (χ0v) is 19.0. The molecular formula is C22H26ClN3O4S. The summed E-state index contributed by atoms with van der Waals surface area (Å²) in [6.07, 6.45) is 2.65. The number of fused-ring (bicyclic) bond motifs is 1. The maximum atomic E-state index is 12.8. The summed E-state index contributed by atoms with van der Waals surface area (Å²) < 4.78 is 31.5. The fraction of sp³-hybridized carbons (Fsp3) is 0.409. The van der Waals surface area contributed by atoms with Crippen molar-refractivity contribution in [1.29, 1.82) is 0 Å². The molecule has 166 valence electrons. The fourth-order valence-electron chi connectivity index (χ4n) is 4.01. The predicted molar refractivity (Wildman–Crippen MR) is 121 cm³/mol. The second-order valence-corrected chi connectivity index (χ2v) is 10.4. The van der Waals surface area contributed by atoms with Crippen molar-refractivity contribution < 1.29 is 17.9 Å². The van der Waals surface area contributed by atoms with Crippen LogP contribution in [0.5, 0.6) is 5.75 Å². The normalized spacial score (nSPS) is 19.0. The van der Waals surface area contributed by atoms with Gasteiger partial charge in [0.25, 0.3) is 5.91 Å². The van der Waals surface area contributed by atoms with Gasteiger partial charge in [0, 0.05) is 18.1 Å². The topological polar surface area (TPSA) is 79.0 Å². The number of carbonyl (C=O) groups excluding carboxylic acids is 1. The number of halogens is 1. The fourth-order valence-corrected chi connectivity index (χ4v) is 5.09. The monoisotopic (exact) mass is 463 g/mol. The number of nitrogens with one attached hydrogen (secondary N) is 1. The van der Waals surface area contributed by atoms with Gasteiger partial charge in [-0.2, -0.15) is 0 Å². The minimum atomic E-state index is -3.60. The maximum Gasteiger partial charge on any atom is 0.263 e. The highest BCUT2D eigenvalue weighted by Crippen LogP contribution is 2.37. The number of nitrogens with zero attached hydrogens (tertiary/aromatic N) is 2. The number of hydrogen-bond acceptors (Lipinski definition) is 5. The van der Waals surface area contributed by atoms with E-state index >= 15 is 0 Å². The Hall–Kier alpha value is -2.29. The van der Waals surface area contributed by atoms with Crippen LogP contribution in [0.1, 0.15) is 24.0 Å². The van der Waals surface area contributed by atoms with Crippen molar-refractivity contribution in [3.8, 4) is 5.75 Å². The molecule has 0 aliphatic carbocycles. The van der Waals surface area contributed by atoms with E-state index in [0.29, 0.717) is 23.0 Å². The molecule has 4 rings (SSSR count). The number of amides is 1. The van der Waals surface area contributed by atoms with E-state index in [1.165, 1.54) is 28.8 Å². The van der Waals surface area contributed by atoms with E-state index in [9.17, 15) is 13.2 Å². The molecule has 9 heteroatoms. The van der Waals surface area contributed by atoms with Gasteiger partial charge >= 0.3 is 0 Å². The third-order valence-electron chi connectivity index (χ3n) is 5.55. The smallest absolute Gasteiger partial charge is 0.263 e. The molecule has 0 saturated carbocycles. The molecule has 2 aromatic rings. The van der Waals surface area contributed by atoms with E-state index in [1.807, 2.05) is 12.1 Å². The van der Waals surface area contributed by atoms with Crippen LogP contribution in [-0.4, -0.2) is 51.2 Å². The standard InChI is InChI=1S/C22H26ClN3O4S/c1-31(28,29)26-15-21(30-20-8-7-18(23)12-19(20)26)22(27)24-13-16-5-4-6-17(11-16)14-25-9-2-3-10-25/h4-8,11-12,21H,2-3,9-10,13-15H2,1H3,(H,24,27)/t21-/m1/s1. The Labute approximate surface area is 188 Å². The minimum absolute atomic E-state index is 0.104. The highest BCUT2D eigenvalue weighted by molar-refractivity contribution is 7.92. The molecule has 31 heavy (non-hydrogen) atoms. The Morgan fingerprint density at radius 3 is 2.65 bits per heavy atom. The molecule has 1 N–H and O–H groups in total. The Morgan fingerprint density at radius 2 is 1.90 bits per heavy atom. The number of hydrogen-bond donors (Lipinski definition) is 1. The summed E-state index contributed by atoms with van der Waals surface area (Å²) in [5, 5.41) is 3.27. The molecule has 0 bridgehead atoms. The van der Waals surface area contributed by atoms with Crippen molar-refractivity contribution in [2.75, 3.05) is 30.2 Å². The lowest BCUT2D eigenvalue weighted by Gasteiger charge is -2.34. The summed E-state index contributed by atoms with van der Waals surface area (Å²) in [4.78, 5) is 15.2. The zero-order chi connectivity index (χ0) is 22.0. The van der Waals surface area contributed by atoms with E-state index in [4.69, 9.17) is 16.3 Å². The SMILES string of the molecule is CS(=O)(=O)N1C[C@H](C(=O)NCc2cccc(CN3CCCC3)c2)Oc2ccc(Cl)cc21. The molecular weight excluding hydrogens is 438 g/mol. The molecule has 1 saturated heterocycles. The average molecular weight is 464 g/mol. The lowest BCUT2D eigenvalue weighted by Crippen LogP contribution is -2.50. The summed E-state index contributed by atoms with van der Waals surface area (Å²) >= 11 is 6.02. The largest absolute Gasteiger partial charge is 0.476 e. The van der Waals surface area contributed by atoms with Crippen molar-refractivity contribution in [3.05, 3.63) is 58.6 Å². The van der Waals surface area contributed by atoms with Crippen LogP contribution in [0, 0.1) is 0 Å². The number of rotatable bonds is 6. The van der Waals surface area contributed by atoms with E-state index in [-0.39, 0.29) is 12.5 Å². The summed E-state index contributed by atoms with van der Waals surface area (Å²) in [6, 6.07) is 12.9. The highest BCUT2D eigenvalue weighted by Gasteiger charge is 2.35. The number of anilines is 1. The quantitative estimate of drug-likeness (QED) is 0.712. The van der Waals surface area contributed by atoms with Gasteiger partial charge in [-0.25, -0.2) is 8.42 Å². The second-order valence-electron chi connectivity index (χ2n) is 8.03. The summed E-state index contributed by atoms with van der Waals surface area (Å²) in [5.41, 5.74) is 2.55. The number of sulfonamides is 1. The number of likely N-dealkylation sites (tertiary alicyclic amines) is 1. The third kappa shape index (κ3) is 5.31. The molecule has 7 nitrogen and oxygen atoms in total. The minimum Gasteiger partial charge on any atom is -0.476 e. The first-order valence-electron chi connectivity index (χ1n) is 10.3. The van der Waals surface area contributed by atoms with Gasteiger partial charge in [0.05, 0.1) is 18.5 Å². The summed E-state index contributed by atoms with van der Waals surface area (Å²) in [6.45, 7) is 3.41. The van der Waals surface area contributed by atoms with Crippen LogP contribution >= 0.6 is 11.6 Å². The van der Waals surface area contributed by atoms with Gasteiger partial charge in [0.15, 0.2) is 6.10 Å². The van der Waals surface area contributed by atoms with Crippen LogP contribution in [0.4, 0.5) is 5.69 Å². The van der Waals surface area contributed by atoms with Crippen LogP contribution < -0.4 is 14.4 Å². The lowest BCUT2D eigenvalue weighted by atomic mass is 10.1. The van der Waals surface area contributed by atoms with Crippen molar-refractivity contribution in [1.82, 2.24) is 10.2 Å². The van der Waals surface area contributed by atoms with Gasteiger partial charge in [-0.1, -0.05) is 35.9 Å². The molecule has 1 atom stereocenters. The van der Waals surface area contributed by atoms with Crippen LogP contribution in [-0.2, 0) is 27.9 Å². The van der Waals surface area contributed by atoms with Crippen molar-refractivity contribution in [2.24, 2.45) is 0 Å². The van der Waals surface area contributed by atoms with Gasteiger partial charge in [-0.15, -0.1) is 0 Å². The van der Waals surface area contributed by atoms with Gasteiger partial charge in [-0.3, -0.25) is 14.0 Å². The van der Waals surface area contributed by atoms with Crippen LogP contribution in [0.15, 0.2) is 42.5 Å². The molecule has 2 aliphatic rings. The molecule has 1 fully saturated rings. The predicted octanol–water partition coefficient (Wildman–Crippen LogP) is 2.78. The summed E-state index contributed by atoms with van der Waals surface area (Å²) in [5.74, 6) is -0.0481. The van der Waals surface area contributed by atoms with Crippen LogP contribution in [0.25, 0.3) is 0 Å². The molecule has 0 radical (unpaired) electrons. The van der Waals surface area contributed by atoms with E-state index in [2.05, 4.69) is 22.3 Å². The molecule has 2 heterocycles. The molecule has 2 aromatic carbocycles. The highest BCUT2D eigenvalue weighted by atomic mass is 35.5. The maximum absolute atomic E-state index is 12.8. The van der Waals surface area contributed by atoms with Crippen molar-refractivity contribution in [2.45, 2.75) is 32.0 Å². The Bertz CT molecular complexity index is 1070. The molecule has 0 spiro atoms. The number of ether oxygens (including phenoxy) is 1. The van der Waals surface area contributed by atoms with Crippen molar-refractivity contribution >= 4 is 33.2 Å². The Morgan fingerprint density at radius 1 is 1.16 bits per heavy atom. The van der Waals surface area contributed by atoms with Crippen LogP contribution in [0.2, 0.25) is 5.02 Å². The van der Waals surface area contributed by atoms with Gasteiger partial charge in [0.2, 0.25) is 10.0 Å². The zero-order valence-electron chi connectivity index (χ0n) is 17.4. The lowest BCUT2D eigenvalue weighted by molar-refractivity contribution is -0.127. The average Bonchev–Trinajstić information content (AvgIpc) is 3.23. The Kier molecular flexibility index (Phi) is 6.41. The van der Waals surface area contributed by atoms with Gasteiger partial charge in [0.1, 0.15) is 5.75 Å². The third-order valence-corrected chi connectivity index (χ3v) is 6.93. The van der Waals surface area contributed by atoms with Gasteiger partial charge < -0.3 is 10.1 Å². The summed E-state index contributed by atoms with van der Waals surface area (Å²) in [7, 11) is -3.60. The first-order valence-corrected chi connectivity index (χ1v) is 12.5. The van der Waals surface area contributed by atoms with Crippen molar-refractivity contribution in [3.63, 3.8) is 0 Å². The number of carbonyl (C=O) groups is 1. The first-order chi connectivity index (χ1) is 14.8. The van der Waals surface area contributed by atoms with E-state index in [1.54, 1.807) is 12.1 Å². The van der Waals surface area contributed by atoms with E-state index < -0.39 is 16.1 Å². The second kappa shape index (κ2) is 9.06.